The van der Waals surface area contributed by atoms with Gasteiger partial charge in [-0.2, -0.15) is 0 Å². The molecule has 1 aromatic heterocycles. The number of benzene rings is 1. The molecule has 2 aromatic rings. The third-order valence-corrected chi connectivity index (χ3v) is 3.16. The molecule has 0 bridgehead atoms. The Morgan fingerprint density at radius 1 is 1.18 bits per heavy atom. The zero-order valence-corrected chi connectivity index (χ0v) is 9.68. The first-order valence-electron chi connectivity index (χ1n) is 4.94. The summed E-state index contributed by atoms with van der Waals surface area (Å²) >= 11 is 1.19. The highest BCUT2D eigenvalue weighted by Crippen LogP contribution is 2.25. The molecule has 5 heteroatoms. The Kier molecular flexibility index (Phi) is 3.58. The lowest BCUT2D eigenvalue weighted by atomic mass is 10.3. The summed E-state index contributed by atoms with van der Waals surface area (Å²) in [5.74, 6) is -0.0108. The molecule has 0 unspecified atom stereocenters. The Morgan fingerprint density at radius 3 is 2.76 bits per heavy atom. The number of anilines is 1. The van der Waals surface area contributed by atoms with Crippen molar-refractivity contribution >= 4 is 17.6 Å². The molecule has 0 aliphatic heterocycles. The number of halogens is 2. The number of thioether (sulfide) groups is 1. The Morgan fingerprint density at radius 2 is 2.00 bits per heavy atom. The summed E-state index contributed by atoms with van der Waals surface area (Å²) in [6.07, 6.45) is 0. The van der Waals surface area contributed by atoms with E-state index in [1.807, 2.05) is 0 Å². The molecular weight excluding hydrogens is 242 g/mol. The van der Waals surface area contributed by atoms with Crippen LogP contribution >= 0.6 is 11.8 Å². The number of pyridine rings is 1. The summed E-state index contributed by atoms with van der Waals surface area (Å²) in [7, 11) is 0. The van der Waals surface area contributed by atoms with Crippen molar-refractivity contribution in [2.75, 3.05) is 5.73 Å². The predicted octanol–water partition coefficient (Wildman–Crippen LogP) is 3.23. The zero-order chi connectivity index (χ0) is 12.3. The summed E-state index contributed by atoms with van der Waals surface area (Å²) in [6, 6.07) is 8.63. The van der Waals surface area contributed by atoms with Crippen LogP contribution in [0.25, 0.3) is 0 Å². The molecule has 0 spiro atoms. The van der Waals surface area contributed by atoms with Crippen LogP contribution in [0.1, 0.15) is 5.69 Å². The van der Waals surface area contributed by atoms with E-state index in [9.17, 15) is 8.78 Å². The van der Waals surface area contributed by atoms with Gasteiger partial charge in [-0.25, -0.2) is 13.8 Å². The molecule has 0 saturated heterocycles. The van der Waals surface area contributed by atoms with E-state index in [4.69, 9.17) is 5.73 Å². The molecule has 2 N–H and O–H groups in total. The molecule has 0 aliphatic rings. The maximum Gasteiger partial charge on any atom is 0.136 e. The second kappa shape index (κ2) is 5.14. The van der Waals surface area contributed by atoms with Crippen molar-refractivity contribution in [2.24, 2.45) is 0 Å². The van der Waals surface area contributed by atoms with Gasteiger partial charge >= 0.3 is 0 Å². The highest BCUT2D eigenvalue weighted by Gasteiger charge is 2.05. The Labute approximate surface area is 102 Å². The predicted molar refractivity (Wildman–Crippen MR) is 64.6 cm³/mol. The minimum atomic E-state index is -0.450. The van der Waals surface area contributed by atoms with Gasteiger partial charge in [0.1, 0.15) is 17.5 Å². The molecule has 1 heterocycles. The van der Waals surface area contributed by atoms with Crippen molar-refractivity contribution in [1.82, 2.24) is 4.98 Å². The van der Waals surface area contributed by atoms with Crippen molar-refractivity contribution in [3.63, 3.8) is 0 Å². The van der Waals surface area contributed by atoms with Gasteiger partial charge in [0.15, 0.2) is 0 Å². The van der Waals surface area contributed by atoms with Crippen LogP contribution in [-0.4, -0.2) is 4.98 Å². The fourth-order valence-corrected chi connectivity index (χ4v) is 2.18. The van der Waals surface area contributed by atoms with Crippen LogP contribution in [-0.2, 0) is 5.75 Å². The quantitative estimate of drug-likeness (QED) is 0.852. The second-order valence-electron chi connectivity index (χ2n) is 3.42. The summed E-state index contributed by atoms with van der Waals surface area (Å²) in [4.78, 5) is 4.35. The van der Waals surface area contributed by atoms with Gasteiger partial charge in [0.2, 0.25) is 0 Å². The molecule has 17 heavy (non-hydrogen) atoms. The lowest BCUT2D eigenvalue weighted by Crippen LogP contribution is -1.93. The van der Waals surface area contributed by atoms with Gasteiger partial charge < -0.3 is 5.73 Å². The monoisotopic (exact) mass is 252 g/mol. The standard InChI is InChI=1S/C12H10F2N2S/c13-8-4-5-10(14)11(6-8)17-7-9-2-1-3-12(15)16-9/h1-6H,7H2,(H2,15,16). The maximum atomic E-state index is 13.3. The second-order valence-corrected chi connectivity index (χ2v) is 4.43. The Hall–Kier alpha value is -1.62. The molecule has 1 aromatic carbocycles. The van der Waals surface area contributed by atoms with E-state index in [0.717, 1.165) is 17.8 Å². The largest absolute Gasteiger partial charge is 0.384 e. The lowest BCUT2D eigenvalue weighted by Gasteiger charge is -2.03. The molecule has 0 fully saturated rings. The van der Waals surface area contributed by atoms with Crippen LogP contribution < -0.4 is 5.73 Å². The van der Waals surface area contributed by atoms with Crippen molar-refractivity contribution in [1.29, 1.82) is 0 Å². The number of nitrogens with two attached hydrogens (primary N) is 1. The number of hydrogen-bond donors (Lipinski definition) is 1. The number of hydrogen-bond acceptors (Lipinski definition) is 3. The smallest absolute Gasteiger partial charge is 0.136 e. The van der Waals surface area contributed by atoms with Crippen LogP contribution in [0.15, 0.2) is 41.3 Å². The number of aromatic nitrogens is 1. The van der Waals surface area contributed by atoms with Gasteiger partial charge in [-0.05, 0) is 30.3 Å². The van der Waals surface area contributed by atoms with E-state index in [1.165, 1.54) is 17.8 Å². The summed E-state index contributed by atoms with van der Waals surface area (Å²) < 4.78 is 26.2. The van der Waals surface area contributed by atoms with Gasteiger partial charge in [-0.3, -0.25) is 0 Å². The average molecular weight is 252 g/mol. The average Bonchev–Trinajstić information content (AvgIpc) is 2.30. The fourth-order valence-electron chi connectivity index (χ4n) is 1.32. The maximum absolute atomic E-state index is 13.3. The third kappa shape index (κ3) is 3.17. The van der Waals surface area contributed by atoms with Gasteiger partial charge in [-0.1, -0.05) is 6.07 Å². The first-order valence-corrected chi connectivity index (χ1v) is 5.93. The normalized spacial score (nSPS) is 10.5. The van der Waals surface area contributed by atoms with Crippen molar-refractivity contribution in [2.45, 2.75) is 10.6 Å². The third-order valence-electron chi connectivity index (χ3n) is 2.10. The Balaban J connectivity index is 2.09. The summed E-state index contributed by atoms with van der Waals surface area (Å²) in [5, 5.41) is 0. The first kappa shape index (κ1) is 11.9. The molecule has 0 radical (unpaired) electrons. The zero-order valence-electron chi connectivity index (χ0n) is 8.86. The van der Waals surface area contributed by atoms with E-state index >= 15 is 0 Å². The van der Waals surface area contributed by atoms with Crippen LogP contribution in [0.2, 0.25) is 0 Å². The molecule has 0 aliphatic carbocycles. The topological polar surface area (TPSA) is 38.9 Å². The van der Waals surface area contributed by atoms with E-state index in [-0.39, 0.29) is 4.90 Å². The molecule has 2 nitrogen and oxygen atoms in total. The van der Waals surface area contributed by atoms with Gasteiger partial charge in [0, 0.05) is 10.6 Å². The van der Waals surface area contributed by atoms with Crippen LogP contribution in [0, 0.1) is 11.6 Å². The lowest BCUT2D eigenvalue weighted by molar-refractivity contribution is 0.577. The number of nitrogens with zero attached hydrogens (tertiary/aromatic N) is 1. The van der Waals surface area contributed by atoms with Crippen molar-refractivity contribution in [3.05, 3.63) is 53.7 Å². The van der Waals surface area contributed by atoms with Crippen LogP contribution in [0.4, 0.5) is 14.6 Å². The number of nitrogen functional groups attached to an aromatic ring is 1. The van der Waals surface area contributed by atoms with Crippen LogP contribution in [0.5, 0.6) is 0 Å². The van der Waals surface area contributed by atoms with Crippen molar-refractivity contribution < 1.29 is 8.78 Å². The molecule has 88 valence electrons. The molecule has 0 saturated carbocycles. The van der Waals surface area contributed by atoms with E-state index in [0.29, 0.717) is 11.6 Å². The van der Waals surface area contributed by atoms with Gasteiger partial charge in [0.05, 0.1) is 5.69 Å². The van der Waals surface area contributed by atoms with Crippen LogP contribution in [0.3, 0.4) is 0 Å². The van der Waals surface area contributed by atoms with Gasteiger partial charge in [-0.15, -0.1) is 11.8 Å². The van der Waals surface area contributed by atoms with E-state index in [1.54, 1.807) is 18.2 Å². The first-order chi connectivity index (χ1) is 8.15. The van der Waals surface area contributed by atoms with E-state index < -0.39 is 11.6 Å². The minimum Gasteiger partial charge on any atom is -0.384 e. The summed E-state index contributed by atoms with van der Waals surface area (Å²) in [6.45, 7) is 0. The molecule has 2 rings (SSSR count). The highest BCUT2D eigenvalue weighted by molar-refractivity contribution is 7.98. The highest BCUT2D eigenvalue weighted by atomic mass is 32.2. The van der Waals surface area contributed by atoms with E-state index in [2.05, 4.69) is 4.98 Å². The Bertz CT molecular complexity index is 532. The summed E-state index contributed by atoms with van der Waals surface area (Å²) in [5.41, 5.74) is 6.26. The molecular formula is C12H10F2N2S. The molecule has 0 amide bonds. The minimum absolute atomic E-state index is 0.272. The number of rotatable bonds is 3. The SMILES string of the molecule is Nc1cccc(CSc2cc(F)ccc2F)n1. The van der Waals surface area contributed by atoms with Gasteiger partial charge in [0.25, 0.3) is 0 Å². The van der Waals surface area contributed by atoms with Crippen molar-refractivity contribution in [3.8, 4) is 0 Å². The fraction of sp³-hybridized carbons (Fsp3) is 0.0833. The molecule has 0 atom stereocenters.